The Kier molecular flexibility index (Phi) is 5.42. The van der Waals surface area contributed by atoms with Gasteiger partial charge in [0, 0.05) is 18.2 Å². The van der Waals surface area contributed by atoms with Crippen molar-refractivity contribution in [2.75, 3.05) is 6.54 Å². The van der Waals surface area contributed by atoms with Gasteiger partial charge in [0.25, 0.3) is 0 Å². The van der Waals surface area contributed by atoms with Crippen LogP contribution < -0.4 is 11.1 Å². The van der Waals surface area contributed by atoms with Gasteiger partial charge in [0.1, 0.15) is 0 Å². The number of nitrogens with zero attached hydrogens (tertiary/aromatic N) is 2. The second-order valence-electron chi connectivity index (χ2n) is 5.94. The summed E-state index contributed by atoms with van der Waals surface area (Å²) in [5, 5.41) is 17.4. The van der Waals surface area contributed by atoms with E-state index in [1.807, 2.05) is 67.6 Å². The molecule has 2 atom stereocenters. The predicted octanol–water partition coefficient (Wildman–Crippen LogP) is 2.21. The number of aliphatic hydroxyl groups is 1. The minimum atomic E-state index is -0.745. The molecule has 0 fully saturated rings. The van der Waals surface area contributed by atoms with E-state index in [-0.39, 0.29) is 12.6 Å². The number of aliphatic hydroxyl groups excluding tert-OH is 1. The summed E-state index contributed by atoms with van der Waals surface area (Å²) >= 11 is 0. The normalized spacial score (nSPS) is 13.5. The topological polar surface area (TPSA) is 80.3 Å². The van der Waals surface area contributed by atoms with Crippen LogP contribution in [0.2, 0.25) is 0 Å². The number of rotatable bonds is 7. The number of hydrogen-bond donors (Lipinski definition) is 2. The molecular formula is C19H21N3O3. The highest BCUT2D eigenvalue weighted by molar-refractivity contribution is 5.54. The van der Waals surface area contributed by atoms with Crippen molar-refractivity contribution in [3.63, 3.8) is 0 Å². The Balaban J connectivity index is 1.65. The van der Waals surface area contributed by atoms with E-state index < -0.39 is 11.9 Å². The van der Waals surface area contributed by atoms with Crippen molar-refractivity contribution in [1.29, 1.82) is 0 Å². The first-order valence-corrected chi connectivity index (χ1v) is 8.23. The molecule has 2 aromatic carbocycles. The summed E-state index contributed by atoms with van der Waals surface area (Å²) in [7, 11) is 0. The lowest BCUT2D eigenvalue weighted by atomic mass is 10.1. The summed E-state index contributed by atoms with van der Waals surface area (Å²) in [6.45, 7) is 2.49. The van der Waals surface area contributed by atoms with Crippen molar-refractivity contribution in [1.82, 2.24) is 15.0 Å². The van der Waals surface area contributed by atoms with Crippen molar-refractivity contribution in [3.05, 3.63) is 76.8 Å². The molecule has 0 amide bonds. The van der Waals surface area contributed by atoms with Crippen LogP contribution in [0.4, 0.5) is 0 Å². The highest BCUT2D eigenvalue weighted by Crippen LogP contribution is 2.15. The van der Waals surface area contributed by atoms with E-state index in [1.54, 1.807) is 0 Å². The standard InChI is InChI=1S/C19H21N3O3/c1-14(15-8-4-2-5-9-15)20-12-17(23)13-22-18(21-25-19(22)24)16-10-6-3-7-11-16/h2-11,14,17,20,23H,12-13H2,1H3. The van der Waals surface area contributed by atoms with Crippen molar-refractivity contribution < 1.29 is 9.63 Å². The van der Waals surface area contributed by atoms with Crippen LogP contribution in [0.15, 0.2) is 70.0 Å². The number of aromatic nitrogens is 2. The van der Waals surface area contributed by atoms with Gasteiger partial charge in [-0.1, -0.05) is 65.8 Å². The fourth-order valence-electron chi connectivity index (χ4n) is 2.67. The average molecular weight is 339 g/mol. The molecular weight excluding hydrogens is 318 g/mol. The molecule has 2 unspecified atom stereocenters. The maximum atomic E-state index is 11.9. The zero-order valence-electron chi connectivity index (χ0n) is 14.0. The largest absolute Gasteiger partial charge is 0.441 e. The van der Waals surface area contributed by atoms with Gasteiger partial charge in [-0.2, -0.15) is 0 Å². The molecule has 3 rings (SSSR count). The third-order valence-corrected chi connectivity index (χ3v) is 4.07. The smallest absolute Gasteiger partial charge is 0.390 e. The maximum absolute atomic E-state index is 11.9. The number of hydrogen-bond acceptors (Lipinski definition) is 5. The van der Waals surface area contributed by atoms with Crippen LogP contribution in [-0.2, 0) is 6.54 Å². The lowest BCUT2D eigenvalue weighted by Crippen LogP contribution is -2.34. The first-order valence-electron chi connectivity index (χ1n) is 8.23. The van der Waals surface area contributed by atoms with Crippen LogP contribution in [0, 0.1) is 0 Å². The summed E-state index contributed by atoms with van der Waals surface area (Å²) in [5.74, 6) is -0.158. The molecule has 0 aliphatic rings. The molecule has 130 valence electrons. The molecule has 0 saturated heterocycles. The zero-order chi connectivity index (χ0) is 17.6. The van der Waals surface area contributed by atoms with Gasteiger partial charge in [-0.3, -0.25) is 9.09 Å². The highest BCUT2D eigenvalue weighted by Gasteiger charge is 2.16. The minimum Gasteiger partial charge on any atom is -0.390 e. The van der Waals surface area contributed by atoms with E-state index in [0.29, 0.717) is 12.4 Å². The van der Waals surface area contributed by atoms with Crippen molar-refractivity contribution in [2.24, 2.45) is 0 Å². The van der Waals surface area contributed by atoms with Crippen LogP contribution in [0.25, 0.3) is 11.4 Å². The van der Waals surface area contributed by atoms with E-state index in [9.17, 15) is 9.90 Å². The third-order valence-electron chi connectivity index (χ3n) is 4.07. The van der Waals surface area contributed by atoms with Crippen molar-refractivity contribution >= 4 is 0 Å². The van der Waals surface area contributed by atoms with Crippen LogP contribution in [-0.4, -0.2) is 27.5 Å². The van der Waals surface area contributed by atoms with E-state index in [0.717, 1.165) is 11.1 Å². The van der Waals surface area contributed by atoms with E-state index >= 15 is 0 Å². The maximum Gasteiger partial charge on any atom is 0.441 e. The van der Waals surface area contributed by atoms with Crippen LogP contribution in [0.1, 0.15) is 18.5 Å². The van der Waals surface area contributed by atoms with Gasteiger partial charge in [0.2, 0.25) is 0 Å². The molecule has 0 aliphatic carbocycles. The lowest BCUT2D eigenvalue weighted by Gasteiger charge is -2.18. The van der Waals surface area contributed by atoms with E-state index in [4.69, 9.17) is 4.52 Å². The van der Waals surface area contributed by atoms with Gasteiger partial charge >= 0.3 is 5.76 Å². The molecule has 3 aromatic rings. The van der Waals surface area contributed by atoms with Crippen molar-refractivity contribution in [3.8, 4) is 11.4 Å². The Morgan fingerprint density at radius 1 is 1.12 bits per heavy atom. The molecule has 0 bridgehead atoms. The van der Waals surface area contributed by atoms with Crippen LogP contribution in [0.5, 0.6) is 0 Å². The zero-order valence-corrected chi connectivity index (χ0v) is 14.0. The quantitative estimate of drug-likeness (QED) is 0.690. The Morgan fingerprint density at radius 3 is 2.44 bits per heavy atom. The number of benzene rings is 2. The van der Waals surface area contributed by atoms with Gasteiger partial charge in [0.15, 0.2) is 5.82 Å². The van der Waals surface area contributed by atoms with Gasteiger partial charge in [0.05, 0.1) is 12.6 Å². The summed E-state index contributed by atoms with van der Waals surface area (Å²) in [6.07, 6.45) is -0.745. The molecule has 1 aromatic heterocycles. The summed E-state index contributed by atoms with van der Waals surface area (Å²) < 4.78 is 6.13. The Labute approximate surface area is 145 Å². The molecule has 0 radical (unpaired) electrons. The summed E-state index contributed by atoms with van der Waals surface area (Å²) in [5.41, 5.74) is 1.91. The first-order chi connectivity index (χ1) is 12.1. The van der Waals surface area contributed by atoms with Crippen molar-refractivity contribution in [2.45, 2.75) is 25.6 Å². The summed E-state index contributed by atoms with van der Waals surface area (Å²) in [4.78, 5) is 11.9. The van der Waals surface area contributed by atoms with Crippen LogP contribution in [0.3, 0.4) is 0 Å². The first kappa shape index (κ1) is 17.1. The SMILES string of the molecule is CC(NCC(O)Cn1c(-c2ccccc2)noc1=O)c1ccccc1. The molecule has 25 heavy (non-hydrogen) atoms. The molecule has 1 heterocycles. The Hall–Kier alpha value is -2.70. The van der Waals surface area contributed by atoms with E-state index in [2.05, 4.69) is 10.5 Å². The average Bonchev–Trinajstić information content (AvgIpc) is 3.01. The molecule has 0 saturated carbocycles. The van der Waals surface area contributed by atoms with Gasteiger partial charge in [-0.15, -0.1) is 0 Å². The second-order valence-corrected chi connectivity index (χ2v) is 5.94. The fourth-order valence-corrected chi connectivity index (χ4v) is 2.67. The van der Waals surface area contributed by atoms with Crippen LogP contribution >= 0.6 is 0 Å². The monoisotopic (exact) mass is 339 g/mol. The fraction of sp³-hybridized carbons (Fsp3) is 0.263. The predicted molar refractivity (Wildman–Crippen MR) is 95.1 cm³/mol. The molecule has 6 nitrogen and oxygen atoms in total. The molecule has 6 heteroatoms. The third kappa shape index (κ3) is 4.23. The summed E-state index contributed by atoms with van der Waals surface area (Å²) in [6, 6.07) is 19.4. The Morgan fingerprint density at radius 2 is 1.76 bits per heavy atom. The second kappa shape index (κ2) is 7.92. The molecule has 0 spiro atoms. The van der Waals surface area contributed by atoms with Gasteiger partial charge in [-0.25, -0.2) is 4.79 Å². The number of nitrogens with one attached hydrogen (secondary N) is 1. The Bertz CT molecular complexity index is 843. The van der Waals surface area contributed by atoms with Gasteiger partial charge in [-0.05, 0) is 12.5 Å². The molecule has 0 aliphatic heterocycles. The van der Waals surface area contributed by atoms with E-state index in [1.165, 1.54) is 4.57 Å². The molecule has 2 N–H and O–H groups in total. The minimum absolute atomic E-state index is 0.101. The highest BCUT2D eigenvalue weighted by atomic mass is 16.5. The van der Waals surface area contributed by atoms with Gasteiger partial charge < -0.3 is 10.4 Å². The lowest BCUT2D eigenvalue weighted by molar-refractivity contribution is 0.145.